The highest BCUT2D eigenvalue weighted by Crippen LogP contribution is 1.86. The molecule has 0 aromatic heterocycles. The minimum Gasteiger partial charge on any atom is -0.481 e. The van der Waals surface area contributed by atoms with E-state index in [0.29, 0.717) is 6.54 Å². The van der Waals surface area contributed by atoms with Crippen LogP contribution in [0, 0.1) is 0 Å². The van der Waals surface area contributed by atoms with Gasteiger partial charge in [0.25, 0.3) is 0 Å². The maximum absolute atomic E-state index is 10.0. The number of nitrogens with one attached hydrogen (secondary N) is 1. The highest BCUT2D eigenvalue weighted by atomic mass is 16.4. The molecule has 0 fully saturated rings. The molecule has 0 amide bonds. The molecule has 0 saturated carbocycles. The minimum absolute atomic E-state index is 0.197. The number of carbonyl (C=O) groups excluding carboxylic acids is 1. The van der Waals surface area contributed by atoms with Crippen molar-refractivity contribution in [2.24, 2.45) is 0 Å². The Morgan fingerprint density at radius 3 is 2.70 bits per heavy atom. The fraction of sp³-hybridized carbons (Fsp3) is 0.667. The summed E-state index contributed by atoms with van der Waals surface area (Å²) in [7, 11) is 0. The fourth-order valence-electron chi connectivity index (χ4n) is 0.577. The van der Waals surface area contributed by atoms with E-state index in [-0.39, 0.29) is 6.42 Å². The zero-order chi connectivity index (χ0) is 7.98. The molecule has 10 heavy (non-hydrogen) atoms. The lowest BCUT2D eigenvalue weighted by molar-refractivity contribution is -0.137. The Labute approximate surface area is 59.2 Å². The summed E-state index contributed by atoms with van der Waals surface area (Å²) in [6.45, 7) is 2.37. The zero-order valence-corrected chi connectivity index (χ0v) is 5.76. The first kappa shape index (κ1) is 9.10. The molecule has 4 heteroatoms. The van der Waals surface area contributed by atoms with Crippen LogP contribution in [0.25, 0.3) is 0 Å². The van der Waals surface area contributed by atoms with Gasteiger partial charge in [0, 0.05) is 0 Å². The molecule has 0 aliphatic rings. The smallest absolute Gasteiger partial charge is 0.305 e. The van der Waals surface area contributed by atoms with Crippen molar-refractivity contribution in [3.63, 3.8) is 0 Å². The van der Waals surface area contributed by atoms with Crippen molar-refractivity contribution in [3.05, 3.63) is 0 Å². The van der Waals surface area contributed by atoms with Gasteiger partial charge >= 0.3 is 5.97 Å². The second-order valence-corrected chi connectivity index (χ2v) is 1.83. The van der Waals surface area contributed by atoms with Gasteiger partial charge in [0.05, 0.1) is 12.5 Å². The van der Waals surface area contributed by atoms with Gasteiger partial charge in [0.2, 0.25) is 6.29 Å². The summed E-state index contributed by atoms with van der Waals surface area (Å²) in [4.78, 5) is 20.0. The maximum Gasteiger partial charge on any atom is 0.305 e. The van der Waals surface area contributed by atoms with E-state index >= 15 is 0 Å². The van der Waals surface area contributed by atoms with E-state index < -0.39 is 12.0 Å². The van der Waals surface area contributed by atoms with Crippen LogP contribution in [0.4, 0.5) is 0 Å². The van der Waals surface area contributed by atoms with Crippen molar-refractivity contribution in [2.75, 3.05) is 6.54 Å². The van der Waals surface area contributed by atoms with Gasteiger partial charge in [-0.05, 0) is 6.54 Å². The molecule has 0 aromatic carbocycles. The second kappa shape index (κ2) is 4.93. The topological polar surface area (TPSA) is 66.4 Å². The lowest BCUT2D eigenvalue weighted by Crippen LogP contribution is -2.32. The standard InChI is InChI=1S/C6H10NO3/c1-2-7-5(4-8)3-6(9)10/h5,7H,2-3H2,1H3,(H,9,10)/t5-/m0/s1. The summed E-state index contributed by atoms with van der Waals surface area (Å²) in [6.07, 6.45) is 1.40. The third kappa shape index (κ3) is 4.03. The molecule has 2 N–H and O–H groups in total. The molecule has 1 radical (unpaired) electrons. The van der Waals surface area contributed by atoms with Crippen molar-refractivity contribution in [2.45, 2.75) is 19.4 Å². The van der Waals surface area contributed by atoms with Crippen molar-refractivity contribution in [1.82, 2.24) is 5.32 Å². The van der Waals surface area contributed by atoms with E-state index in [0.717, 1.165) is 0 Å². The molecular weight excluding hydrogens is 134 g/mol. The van der Waals surface area contributed by atoms with Gasteiger partial charge in [0.1, 0.15) is 0 Å². The summed E-state index contributed by atoms with van der Waals surface area (Å²) in [6, 6.07) is -0.664. The lowest BCUT2D eigenvalue weighted by atomic mass is 10.2. The number of carbonyl (C=O) groups is 1. The minimum atomic E-state index is -0.991. The Hall–Kier alpha value is -0.900. The van der Waals surface area contributed by atoms with Crippen LogP contribution in [0.1, 0.15) is 13.3 Å². The van der Waals surface area contributed by atoms with Crippen LogP contribution >= 0.6 is 0 Å². The Morgan fingerprint density at radius 2 is 2.40 bits per heavy atom. The number of rotatable bonds is 5. The van der Waals surface area contributed by atoms with E-state index in [1.54, 1.807) is 13.2 Å². The molecule has 0 aliphatic carbocycles. The highest BCUT2D eigenvalue weighted by Gasteiger charge is 2.10. The van der Waals surface area contributed by atoms with E-state index in [1.165, 1.54) is 0 Å². The Balaban J connectivity index is 3.59. The van der Waals surface area contributed by atoms with Gasteiger partial charge in [-0.2, -0.15) is 0 Å². The molecule has 1 atom stereocenters. The maximum atomic E-state index is 10.0. The van der Waals surface area contributed by atoms with Crippen LogP contribution in [0.5, 0.6) is 0 Å². The van der Waals surface area contributed by atoms with Gasteiger partial charge < -0.3 is 10.4 Å². The summed E-state index contributed by atoms with van der Waals surface area (Å²) >= 11 is 0. The average molecular weight is 144 g/mol. The SMILES string of the molecule is CCN[C@H]([C]=O)CC(=O)O. The van der Waals surface area contributed by atoms with Crippen molar-refractivity contribution in [1.29, 1.82) is 0 Å². The molecule has 0 aliphatic heterocycles. The number of carboxylic acids is 1. The van der Waals surface area contributed by atoms with Gasteiger partial charge in [0.15, 0.2) is 0 Å². The zero-order valence-electron chi connectivity index (χ0n) is 5.76. The first-order valence-corrected chi connectivity index (χ1v) is 3.03. The Morgan fingerprint density at radius 1 is 1.80 bits per heavy atom. The van der Waals surface area contributed by atoms with Crippen LogP contribution < -0.4 is 5.32 Å². The second-order valence-electron chi connectivity index (χ2n) is 1.83. The largest absolute Gasteiger partial charge is 0.481 e. The van der Waals surface area contributed by atoms with Crippen LogP contribution in [0.15, 0.2) is 0 Å². The van der Waals surface area contributed by atoms with Crippen molar-refractivity contribution < 1.29 is 14.7 Å². The van der Waals surface area contributed by atoms with Crippen LogP contribution in [0.3, 0.4) is 0 Å². The molecule has 0 saturated heterocycles. The predicted octanol–water partition coefficient (Wildman–Crippen LogP) is -0.451. The molecule has 0 bridgehead atoms. The quantitative estimate of drug-likeness (QED) is 0.548. The summed E-state index contributed by atoms with van der Waals surface area (Å²) in [5.74, 6) is -0.991. The Kier molecular flexibility index (Phi) is 4.49. The normalized spacial score (nSPS) is 12.5. The van der Waals surface area contributed by atoms with E-state index in [4.69, 9.17) is 5.11 Å². The molecule has 0 heterocycles. The number of carboxylic acid groups (broad SMARTS) is 1. The molecular formula is C6H10NO3. The van der Waals surface area contributed by atoms with E-state index in [1.807, 2.05) is 0 Å². The third-order valence-electron chi connectivity index (χ3n) is 0.972. The molecule has 0 unspecified atom stereocenters. The molecule has 0 spiro atoms. The Bertz CT molecular complexity index is 124. The first-order valence-electron chi connectivity index (χ1n) is 3.03. The number of hydrogen-bond acceptors (Lipinski definition) is 3. The average Bonchev–Trinajstić information content (AvgIpc) is 1.86. The number of aliphatic carboxylic acids is 1. The highest BCUT2D eigenvalue weighted by molar-refractivity contribution is 5.73. The van der Waals surface area contributed by atoms with Crippen molar-refractivity contribution in [3.8, 4) is 0 Å². The van der Waals surface area contributed by atoms with Gasteiger partial charge in [-0.3, -0.25) is 9.59 Å². The van der Waals surface area contributed by atoms with E-state index in [2.05, 4.69) is 5.32 Å². The van der Waals surface area contributed by atoms with E-state index in [9.17, 15) is 9.59 Å². The van der Waals surface area contributed by atoms with Crippen LogP contribution in [0.2, 0.25) is 0 Å². The number of hydrogen-bond donors (Lipinski definition) is 2. The van der Waals surface area contributed by atoms with Crippen LogP contribution in [-0.4, -0.2) is 29.9 Å². The molecule has 4 nitrogen and oxygen atoms in total. The molecule has 57 valence electrons. The van der Waals surface area contributed by atoms with Crippen LogP contribution in [-0.2, 0) is 9.59 Å². The third-order valence-corrected chi connectivity index (χ3v) is 0.972. The molecule has 0 aromatic rings. The monoisotopic (exact) mass is 144 g/mol. The summed E-state index contributed by atoms with van der Waals surface area (Å²) in [5.41, 5.74) is 0. The van der Waals surface area contributed by atoms with Gasteiger partial charge in [-0.1, -0.05) is 6.92 Å². The van der Waals surface area contributed by atoms with Gasteiger partial charge in [-0.15, -0.1) is 0 Å². The summed E-state index contributed by atoms with van der Waals surface area (Å²) < 4.78 is 0. The molecule has 0 rings (SSSR count). The van der Waals surface area contributed by atoms with Gasteiger partial charge in [-0.25, -0.2) is 0 Å². The predicted molar refractivity (Wildman–Crippen MR) is 35.4 cm³/mol. The fourth-order valence-corrected chi connectivity index (χ4v) is 0.577. The van der Waals surface area contributed by atoms with Crippen molar-refractivity contribution >= 4 is 12.3 Å². The first-order chi connectivity index (χ1) is 4.70. The number of likely N-dealkylation sites (N-methyl/N-ethyl adjacent to an activating group) is 1. The summed E-state index contributed by atoms with van der Waals surface area (Å²) in [5, 5.41) is 10.9. The lowest BCUT2D eigenvalue weighted by Gasteiger charge is -2.04.